The third kappa shape index (κ3) is 1.98. The molecule has 0 bridgehead atoms. The van der Waals surface area contributed by atoms with Crippen molar-refractivity contribution in [1.82, 2.24) is 9.47 Å². The van der Waals surface area contributed by atoms with Gasteiger partial charge in [0, 0.05) is 22.6 Å². The average Bonchev–Trinajstić information content (AvgIpc) is 3.03. The first-order valence-corrected chi connectivity index (χ1v) is 8.44. The number of hydrogen-bond acceptors (Lipinski definition) is 2. The van der Waals surface area contributed by atoms with Gasteiger partial charge in [-0.05, 0) is 51.6 Å². The monoisotopic (exact) mass is 318 g/mol. The molecule has 1 unspecified atom stereocenters. The van der Waals surface area contributed by atoms with Crippen LogP contribution in [0.3, 0.4) is 0 Å². The van der Waals surface area contributed by atoms with Crippen LogP contribution in [0.15, 0.2) is 42.5 Å². The Morgan fingerprint density at radius 2 is 1.75 bits per heavy atom. The Kier molecular flexibility index (Phi) is 3.36. The summed E-state index contributed by atoms with van der Waals surface area (Å²) in [4.78, 5) is 15.3. The zero-order valence-corrected chi connectivity index (χ0v) is 14.6. The zero-order chi connectivity index (χ0) is 17.0. The molecule has 0 spiro atoms. The molecule has 3 aromatic rings. The highest BCUT2D eigenvalue weighted by Gasteiger charge is 2.32. The van der Waals surface area contributed by atoms with E-state index in [4.69, 9.17) is 0 Å². The lowest BCUT2D eigenvalue weighted by Gasteiger charge is -2.20. The molecule has 1 aliphatic heterocycles. The first kappa shape index (κ1) is 15.2. The second kappa shape index (κ2) is 5.32. The van der Waals surface area contributed by atoms with E-state index in [0.717, 1.165) is 34.3 Å². The molecule has 0 radical (unpaired) electrons. The molecule has 3 heteroatoms. The van der Waals surface area contributed by atoms with E-state index in [1.807, 2.05) is 22.8 Å². The van der Waals surface area contributed by atoms with Crippen molar-refractivity contribution in [2.24, 2.45) is 0 Å². The number of rotatable bonds is 3. The predicted octanol–water partition coefficient (Wildman–Crippen LogP) is 4.11. The molecule has 0 fully saturated rings. The van der Waals surface area contributed by atoms with Crippen molar-refractivity contribution in [2.75, 3.05) is 14.1 Å². The molecule has 2 aromatic carbocycles. The van der Waals surface area contributed by atoms with Gasteiger partial charge in [-0.3, -0.25) is 9.36 Å². The fourth-order valence-electron chi connectivity index (χ4n) is 3.74. The maximum Gasteiger partial charge on any atom is 0.263 e. The third-order valence-corrected chi connectivity index (χ3v) is 5.29. The Hall–Kier alpha value is -2.39. The van der Waals surface area contributed by atoms with E-state index in [1.54, 1.807) is 0 Å². The second-order valence-corrected chi connectivity index (χ2v) is 7.00. The first-order chi connectivity index (χ1) is 11.5. The molecule has 0 saturated carbocycles. The topological polar surface area (TPSA) is 25.2 Å². The summed E-state index contributed by atoms with van der Waals surface area (Å²) in [6.45, 7) is 4.32. The molecule has 0 saturated heterocycles. The molecular weight excluding hydrogens is 296 g/mol. The summed E-state index contributed by atoms with van der Waals surface area (Å²) < 4.78 is 1.94. The van der Waals surface area contributed by atoms with Gasteiger partial charge in [0.1, 0.15) is 0 Å². The molecular formula is C21H22N2O. The lowest BCUT2D eigenvalue weighted by atomic mass is 9.97. The van der Waals surface area contributed by atoms with Gasteiger partial charge >= 0.3 is 0 Å². The molecule has 1 atom stereocenters. The normalized spacial score (nSPS) is 14.3. The number of likely N-dealkylation sites (N-methyl/N-ethyl adjacent to an activating group) is 1. The molecule has 2 heterocycles. The highest BCUT2D eigenvalue weighted by atomic mass is 16.2. The molecule has 4 rings (SSSR count). The predicted molar refractivity (Wildman–Crippen MR) is 98.7 cm³/mol. The fraction of sp³-hybridized carbons (Fsp3) is 0.286. The van der Waals surface area contributed by atoms with Gasteiger partial charge in [0.05, 0.1) is 11.2 Å². The van der Waals surface area contributed by atoms with E-state index >= 15 is 0 Å². The highest BCUT2D eigenvalue weighted by Crippen LogP contribution is 2.42. The largest absolute Gasteiger partial charge is 0.306 e. The van der Waals surface area contributed by atoms with Crippen molar-refractivity contribution in [3.8, 4) is 11.3 Å². The van der Waals surface area contributed by atoms with Crippen molar-refractivity contribution in [2.45, 2.75) is 26.3 Å². The number of aryl methyl sites for hydroxylation is 1. The van der Waals surface area contributed by atoms with Crippen LogP contribution in [0.4, 0.5) is 0 Å². The number of para-hydroxylation sites is 1. The molecule has 122 valence electrons. The summed E-state index contributed by atoms with van der Waals surface area (Å²) in [5.41, 5.74) is 6.48. The molecule has 1 aromatic heterocycles. The summed E-state index contributed by atoms with van der Waals surface area (Å²) in [6, 6.07) is 14.7. The Morgan fingerprint density at radius 1 is 1.04 bits per heavy atom. The molecule has 0 N–H and O–H groups in total. The highest BCUT2D eigenvalue weighted by molar-refractivity contribution is 6.16. The van der Waals surface area contributed by atoms with Gasteiger partial charge in [0.25, 0.3) is 5.91 Å². The van der Waals surface area contributed by atoms with Gasteiger partial charge in [-0.25, -0.2) is 0 Å². The molecule has 0 aliphatic carbocycles. The standard InChI is InChI=1S/C21H22N2O/c1-13-8-7-11-16-18(12-14(2)22(3)4)20-15-9-5-6-10-17(15)21(24)23(20)19(13)16/h5-11,14H,12H2,1-4H3. The van der Waals surface area contributed by atoms with Crippen molar-refractivity contribution in [1.29, 1.82) is 0 Å². The number of benzene rings is 2. The van der Waals surface area contributed by atoms with Gasteiger partial charge in [0.15, 0.2) is 0 Å². The molecule has 1 aliphatic rings. The summed E-state index contributed by atoms with van der Waals surface area (Å²) >= 11 is 0. The van der Waals surface area contributed by atoms with E-state index in [-0.39, 0.29) is 5.91 Å². The summed E-state index contributed by atoms with van der Waals surface area (Å²) in [5, 5.41) is 1.21. The Balaban J connectivity index is 2.07. The van der Waals surface area contributed by atoms with Crippen LogP contribution in [0.2, 0.25) is 0 Å². The number of carbonyl (C=O) groups excluding carboxylic acids is 1. The minimum atomic E-state index is 0.101. The summed E-state index contributed by atoms with van der Waals surface area (Å²) in [6.07, 6.45) is 0.927. The summed E-state index contributed by atoms with van der Waals surface area (Å²) in [7, 11) is 4.21. The second-order valence-electron chi connectivity index (χ2n) is 7.00. The van der Waals surface area contributed by atoms with Crippen LogP contribution >= 0.6 is 0 Å². The lowest BCUT2D eigenvalue weighted by molar-refractivity contribution is 0.0973. The smallest absolute Gasteiger partial charge is 0.263 e. The molecule has 0 amide bonds. The van der Waals surface area contributed by atoms with E-state index in [9.17, 15) is 4.79 Å². The number of hydrogen-bond donors (Lipinski definition) is 0. The van der Waals surface area contributed by atoms with E-state index < -0.39 is 0 Å². The number of aromatic nitrogens is 1. The van der Waals surface area contributed by atoms with Gasteiger partial charge in [-0.1, -0.05) is 36.4 Å². The Bertz CT molecular complexity index is 965. The Morgan fingerprint density at radius 3 is 2.46 bits per heavy atom. The zero-order valence-electron chi connectivity index (χ0n) is 14.6. The summed E-state index contributed by atoms with van der Waals surface area (Å²) in [5.74, 6) is 0.101. The first-order valence-electron chi connectivity index (χ1n) is 8.44. The fourth-order valence-corrected chi connectivity index (χ4v) is 3.74. The van der Waals surface area contributed by atoms with E-state index in [0.29, 0.717) is 6.04 Å². The number of fused-ring (bicyclic) bond motifs is 5. The minimum absolute atomic E-state index is 0.101. The van der Waals surface area contributed by atoms with Crippen LogP contribution in [-0.4, -0.2) is 35.5 Å². The third-order valence-electron chi connectivity index (χ3n) is 5.29. The minimum Gasteiger partial charge on any atom is -0.306 e. The van der Waals surface area contributed by atoms with Gasteiger partial charge < -0.3 is 4.90 Å². The van der Waals surface area contributed by atoms with Gasteiger partial charge in [-0.15, -0.1) is 0 Å². The number of carbonyl (C=O) groups is 1. The maximum absolute atomic E-state index is 13.0. The lowest BCUT2D eigenvalue weighted by Crippen LogP contribution is -2.26. The van der Waals surface area contributed by atoms with Crippen molar-refractivity contribution in [3.05, 3.63) is 59.2 Å². The van der Waals surface area contributed by atoms with Crippen molar-refractivity contribution >= 4 is 16.8 Å². The van der Waals surface area contributed by atoms with Crippen molar-refractivity contribution in [3.63, 3.8) is 0 Å². The van der Waals surface area contributed by atoms with Gasteiger partial charge in [0.2, 0.25) is 0 Å². The quantitative estimate of drug-likeness (QED) is 0.568. The maximum atomic E-state index is 13.0. The molecule has 24 heavy (non-hydrogen) atoms. The van der Waals surface area contributed by atoms with E-state index in [2.05, 4.69) is 57.1 Å². The van der Waals surface area contributed by atoms with Crippen LogP contribution in [0.1, 0.15) is 28.4 Å². The van der Waals surface area contributed by atoms with Crippen LogP contribution in [0.5, 0.6) is 0 Å². The van der Waals surface area contributed by atoms with Crippen LogP contribution in [-0.2, 0) is 6.42 Å². The molecule has 3 nitrogen and oxygen atoms in total. The van der Waals surface area contributed by atoms with Crippen LogP contribution < -0.4 is 0 Å². The van der Waals surface area contributed by atoms with Crippen LogP contribution in [0, 0.1) is 6.92 Å². The van der Waals surface area contributed by atoms with Crippen molar-refractivity contribution < 1.29 is 4.79 Å². The SMILES string of the molecule is Cc1cccc2c(CC(C)N(C)C)c3n(c12)C(=O)c1ccccc1-3. The van der Waals surface area contributed by atoms with E-state index in [1.165, 1.54) is 10.9 Å². The van der Waals surface area contributed by atoms with Crippen LogP contribution in [0.25, 0.3) is 22.2 Å². The van der Waals surface area contributed by atoms with Gasteiger partial charge in [-0.2, -0.15) is 0 Å². The number of nitrogens with zero attached hydrogens (tertiary/aromatic N) is 2. The Labute approximate surface area is 142 Å². The average molecular weight is 318 g/mol.